The molecule has 2 aliphatic rings. The molecule has 0 saturated heterocycles. The standard InChI is InChI=1S/C16H24N2/c1-11-7-8-15(17)14(10-11)13-6-2-4-12-5-3-9-18-16(12)13/h3,5,9,11,13-15H,2,4,6-8,10,17H2,1H3. The quantitative estimate of drug-likeness (QED) is 0.823. The fraction of sp³-hybridized carbons (Fsp3) is 0.688. The number of rotatable bonds is 1. The van der Waals surface area contributed by atoms with Gasteiger partial charge in [0.2, 0.25) is 0 Å². The summed E-state index contributed by atoms with van der Waals surface area (Å²) in [6.07, 6.45) is 9.55. The third-order valence-corrected chi connectivity index (χ3v) is 4.97. The number of hydrogen-bond donors (Lipinski definition) is 1. The summed E-state index contributed by atoms with van der Waals surface area (Å²) in [6, 6.07) is 4.72. The van der Waals surface area contributed by atoms with Crippen LogP contribution in [-0.4, -0.2) is 11.0 Å². The lowest BCUT2D eigenvalue weighted by atomic mass is 9.68. The molecule has 0 aliphatic heterocycles. The van der Waals surface area contributed by atoms with Crippen LogP contribution in [0.4, 0.5) is 0 Å². The van der Waals surface area contributed by atoms with Gasteiger partial charge in [0.1, 0.15) is 0 Å². The summed E-state index contributed by atoms with van der Waals surface area (Å²) in [5.41, 5.74) is 9.23. The SMILES string of the molecule is CC1CCC(N)C(C2CCCc3cccnc32)C1. The van der Waals surface area contributed by atoms with E-state index in [1.807, 2.05) is 6.20 Å². The van der Waals surface area contributed by atoms with Gasteiger partial charge in [-0.15, -0.1) is 0 Å². The highest BCUT2D eigenvalue weighted by atomic mass is 14.7. The van der Waals surface area contributed by atoms with Gasteiger partial charge in [-0.3, -0.25) is 4.98 Å². The van der Waals surface area contributed by atoms with Crippen LogP contribution in [0.5, 0.6) is 0 Å². The van der Waals surface area contributed by atoms with Gasteiger partial charge in [-0.05, 0) is 62.0 Å². The smallest absolute Gasteiger partial charge is 0.0469 e. The molecule has 2 N–H and O–H groups in total. The van der Waals surface area contributed by atoms with Crippen molar-refractivity contribution >= 4 is 0 Å². The van der Waals surface area contributed by atoms with Gasteiger partial charge in [0.15, 0.2) is 0 Å². The second kappa shape index (κ2) is 5.00. The zero-order valence-corrected chi connectivity index (χ0v) is 11.3. The molecule has 18 heavy (non-hydrogen) atoms. The summed E-state index contributed by atoms with van der Waals surface area (Å²) in [7, 11) is 0. The fourth-order valence-electron chi connectivity index (χ4n) is 3.97. The average Bonchev–Trinajstić information content (AvgIpc) is 2.41. The Morgan fingerprint density at radius 3 is 3.06 bits per heavy atom. The number of nitrogens with zero attached hydrogens (tertiary/aromatic N) is 1. The van der Waals surface area contributed by atoms with Crippen molar-refractivity contribution in [2.45, 2.75) is 57.4 Å². The summed E-state index contributed by atoms with van der Waals surface area (Å²) in [5.74, 6) is 2.11. The molecular weight excluding hydrogens is 220 g/mol. The Morgan fingerprint density at radius 1 is 1.28 bits per heavy atom. The number of nitrogens with two attached hydrogens (primary N) is 1. The van der Waals surface area contributed by atoms with E-state index in [0.717, 1.165) is 5.92 Å². The molecule has 3 rings (SSSR count). The first-order chi connectivity index (χ1) is 8.75. The van der Waals surface area contributed by atoms with Crippen molar-refractivity contribution in [3.8, 4) is 0 Å². The van der Waals surface area contributed by atoms with Gasteiger partial charge >= 0.3 is 0 Å². The normalized spacial score (nSPS) is 36.1. The molecule has 0 spiro atoms. The molecule has 1 aromatic heterocycles. The van der Waals surface area contributed by atoms with Crippen molar-refractivity contribution in [1.82, 2.24) is 4.98 Å². The number of fused-ring (bicyclic) bond motifs is 1. The lowest BCUT2D eigenvalue weighted by Crippen LogP contribution is -2.40. The summed E-state index contributed by atoms with van der Waals surface area (Å²) >= 11 is 0. The summed E-state index contributed by atoms with van der Waals surface area (Å²) in [5, 5.41) is 0. The zero-order chi connectivity index (χ0) is 12.5. The first kappa shape index (κ1) is 12.2. The Balaban J connectivity index is 1.88. The third kappa shape index (κ3) is 2.18. The van der Waals surface area contributed by atoms with Crippen molar-refractivity contribution in [2.75, 3.05) is 0 Å². The molecule has 1 fully saturated rings. The van der Waals surface area contributed by atoms with E-state index < -0.39 is 0 Å². The Morgan fingerprint density at radius 2 is 2.17 bits per heavy atom. The van der Waals surface area contributed by atoms with Crippen molar-refractivity contribution < 1.29 is 0 Å². The van der Waals surface area contributed by atoms with Gasteiger partial charge in [0, 0.05) is 23.9 Å². The second-order valence-electron chi connectivity index (χ2n) is 6.29. The lowest BCUT2D eigenvalue weighted by molar-refractivity contribution is 0.198. The highest BCUT2D eigenvalue weighted by Gasteiger charge is 2.35. The van der Waals surface area contributed by atoms with Crippen LogP contribution in [0.2, 0.25) is 0 Å². The minimum Gasteiger partial charge on any atom is -0.327 e. The minimum absolute atomic E-state index is 0.388. The molecule has 2 nitrogen and oxygen atoms in total. The zero-order valence-electron chi connectivity index (χ0n) is 11.3. The van der Waals surface area contributed by atoms with Crippen LogP contribution in [0.3, 0.4) is 0 Å². The summed E-state index contributed by atoms with van der Waals surface area (Å²) in [4.78, 5) is 4.68. The van der Waals surface area contributed by atoms with E-state index in [2.05, 4.69) is 24.0 Å². The molecule has 4 unspecified atom stereocenters. The van der Waals surface area contributed by atoms with Crippen LogP contribution in [0.15, 0.2) is 18.3 Å². The number of aromatic nitrogens is 1. The maximum absolute atomic E-state index is 6.40. The van der Waals surface area contributed by atoms with Crippen molar-refractivity contribution in [3.63, 3.8) is 0 Å². The molecule has 1 saturated carbocycles. The monoisotopic (exact) mass is 244 g/mol. The number of aryl methyl sites for hydroxylation is 1. The van der Waals surface area contributed by atoms with Crippen LogP contribution < -0.4 is 5.73 Å². The maximum atomic E-state index is 6.40. The minimum atomic E-state index is 0.388. The van der Waals surface area contributed by atoms with Gasteiger partial charge in [-0.25, -0.2) is 0 Å². The Kier molecular flexibility index (Phi) is 3.38. The molecule has 0 aromatic carbocycles. The van der Waals surface area contributed by atoms with Gasteiger partial charge in [0.05, 0.1) is 0 Å². The molecule has 2 heteroatoms. The van der Waals surface area contributed by atoms with Gasteiger partial charge in [-0.2, -0.15) is 0 Å². The third-order valence-electron chi connectivity index (χ3n) is 4.97. The predicted molar refractivity (Wildman–Crippen MR) is 74.4 cm³/mol. The van der Waals surface area contributed by atoms with Crippen LogP contribution in [0.1, 0.15) is 56.2 Å². The Labute approximate surface area is 110 Å². The number of hydrogen-bond acceptors (Lipinski definition) is 2. The maximum Gasteiger partial charge on any atom is 0.0469 e. The largest absolute Gasteiger partial charge is 0.327 e. The highest BCUT2D eigenvalue weighted by molar-refractivity contribution is 5.27. The molecule has 4 atom stereocenters. The average molecular weight is 244 g/mol. The van der Waals surface area contributed by atoms with Gasteiger partial charge < -0.3 is 5.73 Å². The number of pyridine rings is 1. The molecule has 0 bridgehead atoms. The highest BCUT2D eigenvalue weighted by Crippen LogP contribution is 2.42. The molecule has 98 valence electrons. The van der Waals surface area contributed by atoms with E-state index >= 15 is 0 Å². The van der Waals surface area contributed by atoms with Crippen LogP contribution >= 0.6 is 0 Å². The summed E-state index contributed by atoms with van der Waals surface area (Å²) < 4.78 is 0. The van der Waals surface area contributed by atoms with E-state index in [4.69, 9.17) is 5.73 Å². The molecule has 2 aliphatic carbocycles. The predicted octanol–water partition coefficient (Wildman–Crippen LogP) is 3.27. The molecule has 1 aromatic rings. The molecule has 0 amide bonds. The lowest BCUT2D eigenvalue weighted by Gasteiger charge is -2.39. The Hall–Kier alpha value is -0.890. The Bertz CT molecular complexity index is 415. The van der Waals surface area contributed by atoms with E-state index in [1.165, 1.54) is 49.8 Å². The van der Waals surface area contributed by atoms with E-state index in [9.17, 15) is 0 Å². The molecule has 0 radical (unpaired) electrons. The fourth-order valence-corrected chi connectivity index (χ4v) is 3.97. The van der Waals surface area contributed by atoms with E-state index in [-0.39, 0.29) is 0 Å². The van der Waals surface area contributed by atoms with Crippen molar-refractivity contribution in [1.29, 1.82) is 0 Å². The van der Waals surface area contributed by atoms with Gasteiger partial charge in [0.25, 0.3) is 0 Å². The topological polar surface area (TPSA) is 38.9 Å². The van der Waals surface area contributed by atoms with E-state index in [1.54, 1.807) is 0 Å². The van der Waals surface area contributed by atoms with Crippen molar-refractivity contribution in [2.24, 2.45) is 17.6 Å². The van der Waals surface area contributed by atoms with Crippen LogP contribution in [-0.2, 0) is 6.42 Å². The van der Waals surface area contributed by atoms with E-state index in [0.29, 0.717) is 17.9 Å². The molecule has 1 heterocycles. The second-order valence-corrected chi connectivity index (χ2v) is 6.29. The summed E-state index contributed by atoms with van der Waals surface area (Å²) in [6.45, 7) is 2.38. The van der Waals surface area contributed by atoms with Crippen LogP contribution in [0, 0.1) is 11.8 Å². The van der Waals surface area contributed by atoms with Crippen molar-refractivity contribution in [3.05, 3.63) is 29.6 Å². The first-order valence-electron chi connectivity index (χ1n) is 7.45. The first-order valence-corrected chi connectivity index (χ1v) is 7.45. The van der Waals surface area contributed by atoms with Crippen LogP contribution in [0.25, 0.3) is 0 Å². The van der Waals surface area contributed by atoms with Gasteiger partial charge in [-0.1, -0.05) is 13.0 Å². The molecular formula is C16H24N2.